The molecule has 0 aliphatic carbocycles. The fraction of sp³-hybridized carbons (Fsp3) is 0.250. The Kier molecular flexibility index (Phi) is 7.41. The van der Waals surface area contributed by atoms with Crippen LogP contribution in [-0.2, 0) is 31.1 Å². The molecule has 0 unspecified atom stereocenters. The van der Waals surface area contributed by atoms with Gasteiger partial charge in [-0.15, -0.1) is 47.5 Å². The summed E-state index contributed by atoms with van der Waals surface area (Å²) in [7, 11) is 0. The Morgan fingerprint density at radius 3 is 2.30 bits per heavy atom. The number of hydrogen-bond donors (Lipinski definition) is 0. The predicted octanol–water partition coefficient (Wildman–Crippen LogP) is 7.22. The van der Waals surface area contributed by atoms with Gasteiger partial charge >= 0.3 is 20.1 Å². The van der Waals surface area contributed by atoms with Crippen molar-refractivity contribution in [2.75, 3.05) is 0 Å². The summed E-state index contributed by atoms with van der Waals surface area (Å²) in [4.78, 5) is 4.22. The van der Waals surface area contributed by atoms with E-state index in [1.54, 1.807) is 6.20 Å². The number of imidazole rings is 1. The number of para-hydroxylation sites is 1. The van der Waals surface area contributed by atoms with Gasteiger partial charge in [-0.2, -0.15) is 12.1 Å². The van der Waals surface area contributed by atoms with Crippen LogP contribution in [0.2, 0.25) is 0 Å². The molecule has 2 aromatic heterocycles. The second kappa shape index (κ2) is 10.2. The first-order chi connectivity index (χ1) is 17.1. The molecule has 0 spiro atoms. The largest absolute Gasteiger partial charge is 3.00 e. The van der Waals surface area contributed by atoms with Gasteiger partial charge < -0.3 is 18.9 Å². The minimum absolute atomic E-state index is 0. The molecule has 0 bridgehead atoms. The fourth-order valence-corrected chi connectivity index (χ4v) is 4.22. The van der Waals surface area contributed by atoms with Crippen LogP contribution in [0.25, 0.3) is 28.0 Å². The number of ether oxygens (including phenoxy) is 1. The molecule has 5 heteroatoms. The molecule has 0 saturated heterocycles. The zero-order chi connectivity index (χ0) is 25.5. The van der Waals surface area contributed by atoms with E-state index in [-0.39, 0.29) is 31.1 Å². The molecular weight excluding hydrogens is 635 g/mol. The second-order valence-corrected chi connectivity index (χ2v) is 11.0. The molecule has 1 aliphatic rings. The van der Waals surface area contributed by atoms with Gasteiger partial charge in [-0.1, -0.05) is 50.5 Å². The van der Waals surface area contributed by atoms with Crippen molar-refractivity contribution >= 4 is 11.0 Å². The number of aromatic nitrogens is 3. The van der Waals surface area contributed by atoms with Crippen molar-refractivity contribution < 1.29 is 29.4 Å². The number of pyridine rings is 1. The Morgan fingerprint density at radius 2 is 1.65 bits per heavy atom. The molecule has 0 saturated carbocycles. The summed E-state index contributed by atoms with van der Waals surface area (Å²) in [6.45, 7) is 13.2. The van der Waals surface area contributed by atoms with Gasteiger partial charge in [0.1, 0.15) is 5.75 Å². The summed E-state index contributed by atoms with van der Waals surface area (Å²) in [5.41, 5.74) is 6.34. The molecule has 0 fully saturated rings. The van der Waals surface area contributed by atoms with Crippen molar-refractivity contribution in [1.29, 1.82) is 0 Å². The van der Waals surface area contributed by atoms with E-state index >= 15 is 0 Å². The van der Waals surface area contributed by atoms with Crippen molar-refractivity contribution in [3.63, 3.8) is 0 Å². The normalized spacial score (nSPS) is 12.1. The number of hydrogen-bond acceptors (Lipinski definition) is 2. The van der Waals surface area contributed by atoms with E-state index in [1.165, 1.54) is 5.56 Å². The van der Waals surface area contributed by atoms with Gasteiger partial charge in [0, 0.05) is 11.9 Å². The smallest absolute Gasteiger partial charge is 0.527 e. The SMILES string of the molecule is CC(C)(C)c1c[c-]c2c(c1)Oc1cccc3c1[n+]-2[c-]n3C(C)(C)C.[Ir+3].[c-]1ccccc1-c1ccccn1. The average Bonchev–Trinajstić information content (AvgIpc) is 3.27. The van der Waals surface area contributed by atoms with Crippen LogP contribution < -0.4 is 9.30 Å². The maximum atomic E-state index is 6.23. The van der Waals surface area contributed by atoms with E-state index < -0.39 is 0 Å². The first-order valence-corrected chi connectivity index (χ1v) is 12.2. The van der Waals surface area contributed by atoms with Crippen LogP contribution in [-0.4, -0.2) is 9.55 Å². The van der Waals surface area contributed by atoms with Crippen molar-refractivity contribution in [3.8, 4) is 28.4 Å². The van der Waals surface area contributed by atoms with Crippen molar-refractivity contribution in [2.45, 2.75) is 52.5 Å². The molecule has 1 aliphatic heterocycles. The molecule has 3 heterocycles. The summed E-state index contributed by atoms with van der Waals surface area (Å²) in [6, 6.07) is 30.6. The first-order valence-electron chi connectivity index (χ1n) is 12.2. The number of rotatable bonds is 1. The van der Waals surface area contributed by atoms with Gasteiger partial charge in [-0.05, 0) is 44.3 Å². The van der Waals surface area contributed by atoms with E-state index in [2.05, 4.69) is 92.3 Å². The van der Waals surface area contributed by atoms with Crippen LogP contribution in [0.15, 0.2) is 79.0 Å². The standard InChI is InChI=1S/C21H23N2O.C11H8N.Ir/c1-20(2,3)14-10-11-15-18(12-14)24-17-9-7-8-16-19(17)22(15)13-23(16)21(4,5)6;1-2-6-10(7-3-1)11-8-4-5-9-12-11;/h7-10,12H,1-6H3;1-6,8-9H;/q2*-1;+3. The summed E-state index contributed by atoms with van der Waals surface area (Å²) >= 11 is 0. The first kappa shape index (κ1) is 26.8. The molecule has 4 nitrogen and oxygen atoms in total. The topological polar surface area (TPSA) is 30.9 Å². The molecule has 37 heavy (non-hydrogen) atoms. The molecule has 0 amide bonds. The summed E-state index contributed by atoms with van der Waals surface area (Å²) in [6.07, 6.45) is 5.30. The van der Waals surface area contributed by atoms with Gasteiger partial charge in [0.15, 0.2) is 0 Å². The zero-order valence-corrected chi connectivity index (χ0v) is 24.5. The fourth-order valence-electron chi connectivity index (χ4n) is 4.22. The van der Waals surface area contributed by atoms with Crippen LogP contribution in [0.3, 0.4) is 0 Å². The van der Waals surface area contributed by atoms with Crippen LogP contribution in [0.1, 0.15) is 47.1 Å². The maximum Gasteiger partial charge on any atom is 3.00 e. The third-order valence-electron chi connectivity index (χ3n) is 6.16. The molecule has 5 aromatic rings. The van der Waals surface area contributed by atoms with Gasteiger partial charge in [-0.25, -0.2) is 0 Å². The van der Waals surface area contributed by atoms with Crippen LogP contribution in [0, 0.1) is 18.5 Å². The second-order valence-electron chi connectivity index (χ2n) is 11.0. The maximum absolute atomic E-state index is 6.23. The molecule has 0 radical (unpaired) electrons. The predicted molar refractivity (Wildman–Crippen MR) is 143 cm³/mol. The van der Waals surface area contributed by atoms with E-state index in [0.29, 0.717) is 0 Å². The summed E-state index contributed by atoms with van der Waals surface area (Å²) in [5, 5.41) is 0. The van der Waals surface area contributed by atoms with Crippen LogP contribution in [0.4, 0.5) is 0 Å². The molecule has 0 atom stereocenters. The Balaban J connectivity index is 0.000000208. The van der Waals surface area contributed by atoms with E-state index in [9.17, 15) is 0 Å². The minimum atomic E-state index is -0.0576. The molecule has 6 rings (SSSR count). The van der Waals surface area contributed by atoms with Crippen molar-refractivity contribution in [2.24, 2.45) is 0 Å². The van der Waals surface area contributed by atoms with Gasteiger partial charge in [-0.3, -0.25) is 0 Å². The monoisotopic (exact) mass is 666 g/mol. The number of fused-ring (bicyclic) bond motifs is 2. The Bertz CT molecular complexity index is 1470. The third kappa shape index (κ3) is 5.39. The van der Waals surface area contributed by atoms with Gasteiger partial charge in [0.05, 0.1) is 16.6 Å². The molecule has 0 N–H and O–H groups in total. The number of nitrogens with zero attached hydrogens (tertiary/aromatic N) is 3. The van der Waals surface area contributed by atoms with Gasteiger partial charge in [0.2, 0.25) is 6.33 Å². The van der Waals surface area contributed by atoms with E-state index in [4.69, 9.17) is 4.74 Å². The van der Waals surface area contributed by atoms with Gasteiger partial charge in [0.25, 0.3) is 0 Å². The molecule has 188 valence electrons. The minimum Gasteiger partial charge on any atom is -0.527 e. The Hall–Kier alpha value is -3.27. The average molecular weight is 666 g/mol. The van der Waals surface area contributed by atoms with E-state index in [1.807, 2.05) is 54.6 Å². The van der Waals surface area contributed by atoms with Crippen LogP contribution in [0.5, 0.6) is 11.5 Å². The number of benzene rings is 3. The third-order valence-corrected chi connectivity index (χ3v) is 6.16. The van der Waals surface area contributed by atoms with Crippen LogP contribution >= 0.6 is 0 Å². The Labute approximate surface area is 233 Å². The zero-order valence-electron chi connectivity index (χ0n) is 22.1. The summed E-state index contributed by atoms with van der Waals surface area (Å²) in [5.74, 6) is 1.72. The van der Waals surface area contributed by atoms with Crippen molar-refractivity contribution in [1.82, 2.24) is 9.55 Å². The van der Waals surface area contributed by atoms with E-state index in [0.717, 1.165) is 39.5 Å². The molecular formula is C32H31IrN3O+. The van der Waals surface area contributed by atoms with Crippen molar-refractivity contribution in [3.05, 3.63) is 103 Å². The Morgan fingerprint density at radius 1 is 0.865 bits per heavy atom. The molecule has 3 aromatic carbocycles. The summed E-state index contributed by atoms with van der Waals surface area (Å²) < 4.78 is 10.5. The quantitative estimate of drug-likeness (QED) is 0.137.